The third kappa shape index (κ3) is 4.14. The first-order valence-corrected chi connectivity index (χ1v) is 8.61. The van der Waals surface area contributed by atoms with E-state index in [1.165, 1.54) is 0 Å². The molecule has 1 aromatic heterocycles. The first-order chi connectivity index (χ1) is 11.7. The van der Waals surface area contributed by atoms with Gasteiger partial charge in [-0.1, -0.05) is 12.1 Å². The molecule has 4 nitrogen and oxygen atoms in total. The summed E-state index contributed by atoms with van der Waals surface area (Å²) in [5.41, 5.74) is 1.28. The van der Waals surface area contributed by atoms with E-state index in [1.807, 2.05) is 42.7 Å². The molecular formula is C19H16N2O2S. The summed E-state index contributed by atoms with van der Waals surface area (Å²) in [6.07, 6.45) is 3.67. The highest BCUT2D eigenvalue weighted by Gasteiger charge is 2.08. The van der Waals surface area contributed by atoms with Crippen molar-refractivity contribution in [2.75, 3.05) is 11.6 Å². The average molecular weight is 336 g/mol. The van der Waals surface area contributed by atoms with Gasteiger partial charge in [0.05, 0.1) is 0 Å². The second-order valence-corrected chi connectivity index (χ2v) is 5.86. The maximum atomic E-state index is 12.4. The topological polar surface area (TPSA) is 51.2 Å². The lowest BCUT2D eigenvalue weighted by Crippen LogP contribution is -2.11. The van der Waals surface area contributed by atoms with Gasteiger partial charge in [0, 0.05) is 28.4 Å². The summed E-state index contributed by atoms with van der Waals surface area (Å²) in [6.45, 7) is 0. The van der Waals surface area contributed by atoms with Crippen LogP contribution in [0.15, 0.2) is 77.8 Å². The van der Waals surface area contributed by atoms with Crippen molar-refractivity contribution in [3.8, 4) is 11.6 Å². The number of nitrogens with one attached hydrogen (secondary N) is 1. The van der Waals surface area contributed by atoms with Crippen molar-refractivity contribution < 1.29 is 9.53 Å². The first-order valence-electron chi connectivity index (χ1n) is 7.39. The highest BCUT2D eigenvalue weighted by Crippen LogP contribution is 2.21. The minimum atomic E-state index is -0.182. The molecule has 0 spiro atoms. The SMILES string of the molecule is CSc1ccc(NC(=O)c2cccc(Oc3ccccn3)c2)cc1. The molecule has 0 aliphatic rings. The predicted molar refractivity (Wildman–Crippen MR) is 96.9 cm³/mol. The van der Waals surface area contributed by atoms with Gasteiger partial charge in [-0.05, 0) is 54.8 Å². The van der Waals surface area contributed by atoms with Gasteiger partial charge < -0.3 is 10.1 Å². The van der Waals surface area contributed by atoms with Crippen LogP contribution in [-0.4, -0.2) is 17.1 Å². The molecule has 0 aliphatic carbocycles. The number of benzene rings is 2. The van der Waals surface area contributed by atoms with Crippen molar-refractivity contribution in [1.29, 1.82) is 0 Å². The number of nitrogens with zero attached hydrogens (tertiary/aromatic N) is 1. The Morgan fingerprint density at radius 1 is 1.04 bits per heavy atom. The lowest BCUT2D eigenvalue weighted by Gasteiger charge is -2.08. The molecule has 0 saturated carbocycles. The minimum Gasteiger partial charge on any atom is -0.439 e. The van der Waals surface area contributed by atoms with Crippen LogP contribution in [-0.2, 0) is 0 Å². The van der Waals surface area contributed by atoms with Crippen molar-refractivity contribution in [2.45, 2.75) is 4.90 Å². The van der Waals surface area contributed by atoms with Gasteiger partial charge >= 0.3 is 0 Å². The van der Waals surface area contributed by atoms with Gasteiger partial charge in [0.25, 0.3) is 5.91 Å². The third-order valence-corrected chi connectivity index (χ3v) is 4.05. The van der Waals surface area contributed by atoms with Gasteiger partial charge in [0.15, 0.2) is 0 Å². The Morgan fingerprint density at radius 2 is 1.88 bits per heavy atom. The molecule has 0 radical (unpaired) electrons. The molecule has 0 bridgehead atoms. The molecule has 3 aromatic rings. The number of pyridine rings is 1. The Bertz CT molecular complexity index is 820. The zero-order valence-electron chi connectivity index (χ0n) is 13.1. The van der Waals surface area contributed by atoms with E-state index in [4.69, 9.17) is 4.74 Å². The minimum absolute atomic E-state index is 0.182. The Balaban J connectivity index is 1.71. The van der Waals surface area contributed by atoms with Crippen molar-refractivity contribution in [3.05, 3.63) is 78.5 Å². The smallest absolute Gasteiger partial charge is 0.255 e. The van der Waals surface area contributed by atoms with E-state index in [1.54, 1.807) is 48.3 Å². The Morgan fingerprint density at radius 3 is 2.58 bits per heavy atom. The quantitative estimate of drug-likeness (QED) is 0.677. The highest BCUT2D eigenvalue weighted by molar-refractivity contribution is 7.98. The summed E-state index contributed by atoms with van der Waals surface area (Å²) in [5.74, 6) is 0.875. The van der Waals surface area contributed by atoms with Crippen molar-refractivity contribution in [2.24, 2.45) is 0 Å². The largest absolute Gasteiger partial charge is 0.439 e. The van der Waals surface area contributed by atoms with Crippen LogP contribution >= 0.6 is 11.8 Å². The number of rotatable bonds is 5. The molecule has 0 fully saturated rings. The zero-order valence-corrected chi connectivity index (χ0v) is 13.9. The lowest BCUT2D eigenvalue weighted by atomic mass is 10.2. The van der Waals surface area contributed by atoms with Crippen LogP contribution < -0.4 is 10.1 Å². The summed E-state index contributed by atoms with van der Waals surface area (Å²) in [4.78, 5) is 17.6. The summed E-state index contributed by atoms with van der Waals surface area (Å²) >= 11 is 1.66. The van der Waals surface area contributed by atoms with Crippen LogP contribution in [0.3, 0.4) is 0 Å². The van der Waals surface area contributed by atoms with E-state index in [-0.39, 0.29) is 5.91 Å². The normalized spacial score (nSPS) is 10.2. The molecule has 3 rings (SSSR count). The van der Waals surface area contributed by atoms with Gasteiger partial charge in [0.1, 0.15) is 5.75 Å². The number of carbonyl (C=O) groups is 1. The van der Waals surface area contributed by atoms with E-state index in [2.05, 4.69) is 10.3 Å². The molecule has 120 valence electrons. The fourth-order valence-corrected chi connectivity index (χ4v) is 2.51. The summed E-state index contributed by atoms with van der Waals surface area (Å²) in [5, 5.41) is 2.88. The Kier molecular flexibility index (Phi) is 5.13. The van der Waals surface area contributed by atoms with E-state index >= 15 is 0 Å². The predicted octanol–water partition coefficient (Wildman–Crippen LogP) is 4.85. The molecule has 24 heavy (non-hydrogen) atoms. The number of hydrogen-bond donors (Lipinski definition) is 1. The summed E-state index contributed by atoms with van der Waals surface area (Å²) < 4.78 is 5.66. The fourth-order valence-electron chi connectivity index (χ4n) is 2.11. The van der Waals surface area contributed by atoms with Gasteiger partial charge in [0.2, 0.25) is 5.88 Å². The summed E-state index contributed by atoms with van der Waals surface area (Å²) in [6, 6.07) is 20.2. The van der Waals surface area contributed by atoms with E-state index < -0.39 is 0 Å². The Hall–Kier alpha value is -2.79. The molecule has 5 heteroatoms. The number of hydrogen-bond acceptors (Lipinski definition) is 4. The molecule has 2 aromatic carbocycles. The number of amides is 1. The van der Waals surface area contributed by atoms with Crippen LogP contribution in [0.5, 0.6) is 11.6 Å². The maximum Gasteiger partial charge on any atom is 0.255 e. The highest BCUT2D eigenvalue weighted by atomic mass is 32.2. The number of thioether (sulfide) groups is 1. The third-order valence-electron chi connectivity index (χ3n) is 3.30. The lowest BCUT2D eigenvalue weighted by molar-refractivity contribution is 0.102. The fraction of sp³-hybridized carbons (Fsp3) is 0.0526. The molecular weight excluding hydrogens is 320 g/mol. The molecule has 0 aliphatic heterocycles. The molecule has 1 heterocycles. The van der Waals surface area contributed by atoms with Crippen LogP contribution in [0, 0.1) is 0 Å². The number of carbonyl (C=O) groups excluding carboxylic acids is 1. The molecule has 1 amide bonds. The number of ether oxygens (including phenoxy) is 1. The second kappa shape index (κ2) is 7.66. The van der Waals surface area contributed by atoms with Crippen LogP contribution in [0.1, 0.15) is 10.4 Å². The summed E-state index contributed by atoms with van der Waals surface area (Å²) in [7, 11) is 0. The van der Waals surface area contributed by atoms with Crippen LogP contribution in [0.4, 0.5) is 5.69 Å². The van der Waals surface area contributed by atoms with Crippen LogP contribution in [0.2, 0.25) is 0 Å². The van der Waals surface area contributed by atoms with Gasteiger partial charge in [-0.3, -0.25) is 4.79 Å². The molecule has 1 N–H and O–H groups in total. The van der Waals surface area contributed by atoms with Gasteiger partial charge in [-0.25, -0.2) is 4.98 Å². The van der Waals surface area contributed by atoms with Crippen molar-refractivity contribution in [1.82, 2.24) is 4.98 Å². The molecule has 0 unspecified atom stereocenters. The standard InChI is InChI=1S/C19H16N2O2S/c1-24-17-10-8-15(9-11-17)21-19(22)14-5-4-6-16(13-14)23-18-7-2-3-12-20-18/h2-13H,1H3,(H,21,22). The van der Waals surface area contributed by atoms with Crippen LogP contribution in [0.25, 0.3) is 0 Å². The van der Waals surface area contributed by atoms with Gasteiger partial charge in [-0.2, -0.15) is 0 Å². The van der Waals surface area contributed by atoms with Crippen molar-refractivity contribution in [3.63, 3.8) is 0 Å². The van der Waals surface area contributed by atoms with E-state index in [0.717, 1.165) is 10.6 Å². The second-order valence-electron chi connectivity index (χ2n) is 4.98. The van der Waals surface area contributed by atoms with Crippen molar-refractivity contribution >= 4 is 23.4 Å². The molecule has 0 saturated heterocycles. The first kappa shape index (κ1) is 16.1. The van der Waals surface area contributed by atoms with E-state index in [9.17, 15) is 4.79 Å². The van der Waals surface area contributed by atoms with E-state index in [0.29, 0.717) is 17.2 Å². The Labute approximate surface area is 144 Å². The monoisotopic (exact) mass is 336 g/mol. The number of anilines is 1. The maximum absolute atomic E-state index is 12.4. The zero-order chi connectivity index (χ0) is 16.8. The van der Waals surface area contributed by atoms with Gasteiger partial charge in [-0.15, -0.1) is 11.8 Å². The average Bonchev–Trinajstić information content (AvgIpc) is 2.63. The number of aromatic nitrogens is 1. The molecule has 0 atom stereocenters.